The number of para-hydroxylation sites is 1. The third-order valence-corrected chi connectivity index (χ3v) is 6.25. The van der Waals surface area contributed by atoms with Crippen LogP contribution in [0, 0.1) is 0 Å². The summed E-state index contributed by atoms with van der Waals surface area (Å²) in [6.45, 7) is 6.47. The third kappa shape index (κ3) is 8.45. The minimum Gasteiger partial charge on any atom is -0.496 e. The van der Waals surface area contributed by atoms with Crippen molar-refractivity contribution < 1.29 is 41.8 Å². The van der Waals surface area contributed by atoms with Gasteiger partial charge in [0.2, 0.25) is 5.91 Å². The lowest BCUT2D eigenvalue weighted by molar-refractivity contribution is -0.141. The molecule has 0 saturated heterocycles. The molecule has 1 atom stereocenters. The number of carbonyl (C=O) groups excluding carboxylic acids is 4. The van der Waals surface area contributed by atoms with E-state index in [1.165, 1.54) is 37.6 Å². The first-order valence-corrected chi connectivity index (χ1v) is 13.2. The minimum absolute atomic E-state index is 0.0201. The number of hydrazine groups is 1. The second kappa shape index (κ2) is 12.9. The zero-order chi connectivity index (χ0) is 31.2. The van der Waals surface area contributed by atoms with Crippen LogP contribution in [0.4, 0.5) is 18.0 Å². The van der Waals surface area contributed by atoms with Crippen molar-refractivity contribution in [2.24, 2.45) is 0 Å². The number of nitrogens with one attached hydrogen (secondary N) is 4. The first-order chi connectivity index (χ1) is 19.6. The number of rotatable bonds is 8. The number of alkyl halides is 3. The Balaban J connectivity index is 1.71. The average molecular weight is 611 g/mol. The van der Waals surface area contributed by atoms with Crippen molar-refractivity contribution in [3.05, 3.63) is 63.6 Å². The van der Waals surface area contributed by atoms with Gasteiger partial charge in [0.1, 0.15) is 23.1 Å². The van der Waals surface area contributed by atoms with Crippen LogP contribution in [-0.2, 0) is 22.3 Å². The molecular weight excluding hydrogens is 581 g/mol. The topological polar surface area (TPSA) is 153 Å². The summed E-state index contributed by atoms with van der Waals surface area (Å²) in [7, 11) is 1.35. The van der Waals surface area contributed by atoms with Gasteiger partial charge in [-0.2, -0.15) is 18.3 Å². The van der Waals surface area contributed by atoms with Crippen LogP contribution in [0.2, 0.25) is 0 Å². The second-order valence-corrected chi connectivity index (χ2v) is 10.8. The van der Waals surface area contributed by atoms with Crippen LogP contribution in [0.1, 0.15) is 59.1 Å². The Hall–Kier alpha value is -4.60. The van der Waals surface area contributed by atoms with Gasteiger partial charge in [-0.1, -0.05) is 12.1 Å². The summed E-state index contributed by atoms with van der Waals surface area (Å²) < 4.78 is 51.4. The fourth-order valence-electron chi connectivity index (χ4n) is 3.41. The Bertz CT molecular complexity index is 1460. The van der Waals surface area contributed by atoms with E-state index in [-0.39, 0.29) is 23.5 Å². The van der Waals surface area contributed by atoms with E-state index < -0.39 is 53.0 Å². The fourth-order valence-corrected chi connectivity index (χ4v) is 4.19. The van der Waals surface area contributed by atoms with Gasteiger partial charge in [-0.15, -0.1) is 11.3 Å². The maximum atomic E-state index is 13.5. The molecule has 0 aliphatic carbocycles. The molecule has 0 unspecified atom stereocenters. The monoisotopic (exact) mass is 610 g/mol. The van der Waals surface area contributed by atoms with E-state index in [9.17, 15) is 32.3 Å². The standard InChI is InChI=1S/C26H29F3N6O6S/c1-14(31-24(39)41-25(2,3)4)21(36)30-12-16-10-15(13-42-16)35-18(11-20(34-35)26(27,28)29)23(38)33-32-22(37)17-8-6-7-9-19(17)40-5/h6-11,13-14H,12H2,1-5H3,(H,30,36)(H,31,39)(H,32,37)(H,33,38)/t14-/m0/s1. The first-order valence-electron chi connectivity index (χ1n) is 12.3. The molecule has 0 spiro atoms. The Kier molecular flexibility index (Phi) is 9.83. The molecular formula is C26H29F3N6O6S. The third-order valence-electron chi connectivity index (χ3n) is 5.32. The van der Waals surface area contributed by atoms with Crippen LogP contribution in [0.5, 0.6) is 5.75 Å². The number of halogens is 3. The van der Waals surface area contributed by atoms with Gasteiger partial charge in [-0.05, 0) is 45.9 Å². The molecule has 3 rings (SSSR count). The molecule has 0 fully saturated rings. The van der Waals surface area contributed by atoms with E-state index in [0.29, 0.717) is 10.9 Å². The van der Waals surface area contributed by atoms with E-state index in [1.54, 1.807) is 32.9 Å². The number of hydrogen-bond acceptors (Lipinski definition) is 8. The maximum Gasteiger partial charge on any atom is 0.435 e. The van der Waals surface area contributed by atoms with Gasteiger partial charge in [-0.25, -0.2) is 9.48 Å². The summed E-state index contributed by atoms with van der Waals surface area (Å²) in [4.78, 5) is 50.2. The number of methoxy groups -OCH3 is 1. The number of ether oxygens (including phenoxy) is 2. The van der Waals surface area contributed by atoms with Gasteiger partial charge in [0.25, 0.3) is 11.8 Å². The van der Waals surface area contributed by atoms with E-state index in [1.807, 2.05) is 0 Å². The number of amides is 4. The number of aromatic nitrogens is 2. The largest absolute Gasteiger partial charge is 0.496 e. The van der Waals surface area contributed by atoms with E-state index in [2.05, 4.69) is 26.6 Å². The maximum absolute atomic E-state index is 13.5. The lowest BCUT2D eigenvalue weighted by atomic mass is 10.2. The molecule has 226 valence electrons. The van der Waals surface area contributed by atoms with Gasteiger partial charge in [-0.3, -0.25) is 25.2 Å². The fraction of sp³-hybridized carbons (Fsp3) is 0.346. The number of thiophene rings is 1. The van der Waals surface area contributed by atoms with Gasteiger partial charge in [0, 0.05) is 16.3 Å². The number of alkyl carbamates (subject to hydrolysis) is 1. The molecule has 3 aromatic rings. The highest BCUT2D eigenvalue weighted by Gasteiger charge is 2.36. The molecule has 0 aliphatic heterocycles. The molecule has 0 radical (unpaired) electrons. The highest BCUT2D eigenvalue weighted by atomic mass is 32.1. The number of nitrogens with zero attached hydrogens (tertiary/aromatic N) is 2. The summed E-state index contributed by atoms with van der Waals surface area (Å²) in [5.74, 6) is -2.13. The summed E-state index contributed by atoms with van der Waals surface area (Å²) in [5, 5.41) is 10.0. The lowest BCUT2D eigenvalue weighted by Gasteiger charge is -2.21. The highest BCUT2D eigenvalue weighted by molar-refractivity contribution is 7.10. The van der Waals surface area contributed by atoms with Crippen molar-refractivity contribution in [1.29, 1.82) is 0 Å². The molecule has 2 aromatic heterocycles. The Labute approximate surface area is 242 Å². The first kappa shape index (κ1) is 31.9. The van der Waals surface area contributed by atoms with Crippen LogP contribution in [0.15, 0.2) is 41.8 Å². The van der Waals surface area contributed by atoms with Crippen LogP contribution in [0.3, 0.4) is 0 Å². The predicted molar refractivity (Wildman–Crippen MR) is 145 cm³/mol. The van der Waals surface area contributed by atoms with Crippen molar-refractivity contribution in [2.75, 3.05) is 7.11 Å². The van der Waals surface area contributed by atoms with Crippen molar-refractivity contribution in [3.8, 4) is 11.4 Å². The zero-order valence-electron chi connectivity index (χ0n) is 23.2. The number of benzene rings is 1. The van der Waals surface area contributed by atoms with E-state index in [0.717, 1.165) is 16.0 Å². The molecule has 0 aliphatic rings. The zero-order valence-corrected chi connectivity index (χ0v) is 24.0. The van der Waals surface area contributed by atoms with Crippen LogP contribution in [-0.4, -0.2) is 52.3 Å². The summed E-state index contributed by atoms with van der Waals surface area (Å²) in [6.07, 6.45) is -5.63. The molecule has 0 bridgehead atoms. The molecule has 42 heavy (non-hydrogen) atoms. The Morgan fingerprint density at radius 3 is 2.36 bits per heavy atom. The van der Waals surface area contributed by atoms with Crippen LogP contribution >= 0.6 is 11.3 Å². The lowest BCUT2D eigenvalue weighted by Crippen LogP contribution is -2.46. The highest BCUT2D eigenvalue weighted by Crippen LogP contribution is 2.30. The van der Waals surface area contributed by atoms with Gasteiger partial charge >= 0.3 is 12.3 Å². The van der Waals surface area contributed by atoms with Gasteiger partial charge < -0.3 is 20.1 Å². The number of carbonyl (C=O) groups is 4. The van der Waals surface area contributed by atoms with Crippen molar-refractivity contribution in [1.82, 2.24) is 31.3 Å². The normalized spacial score (nSPS) is 12.2. The molecule has 12 nitrogen and oxygen atoms in total. The van der Waals surface area contributed by atoms with Crippen LogP contribution < -0.4 is 26.2 Å². The predicted octanol–water partition coefficient (Wildman–Crippen LogP) is 3.57. The van der Waals surface area contributed by atoms with E-state index in [4.69, 9.17) is 9.47 Å². The van der Waals surface area contributed by atoms with Crippen LogP contribution in [0.25, 0.3) is 5.69 Å². The molecule has 1 aromatic carbocycles. The molecule has 4 N–H and O–H groups in total. The molecule has 0 saturated carbocycles. The van der Waals surface area contributed by atoms with Crippen molar-refractivity contribution in [2.45, 2.75) is 52.1 Å². The Morgan fingerprint density at radius 1 is 1.05 bits per heavy atom. The minimum atomic E-state index is -4.86. The van der Waals surface area contributed by atoms with Crippen molar-refractivity contribution >= 4 is 35.2 Å². The summed E-state index contributed by atoms with van der Waals surface area (Å²) in [5.41, 5.74) is 1.86. The Morgan fingerprint density at radius 2 is 1.71 bits per heavy atom. The van der Waals surface area contributed by atoms with Gasteiger partial charge in [0.15, 0.2) is 5.69 Å². The summed E-state index contributed by atoms with van der Waals surface area (Å²) in [6, 6.07) is 7.22. The molecule has 4 amide bonds. The average Bonchev–Trinajstić information content (AvgIpc) is 3.56. The summed E-state index contributed by atoms with van der Waals surface area (Å²) >= 11 is 1.09. The number of hydrogen-bond donors (Lipinski definition) is 4. The van der Waals surface area contributed by atoms with Crippen molar-refractivity contribution in [3.63, 3.8) is 0 Å². The van der Waals surface area contributed by atoms with E-state index >= 15 is 0 Å². The molecule has 16 heteroatoms. The quantitative estimate of drug-likeness (QED) is 0.285. The van der Waals surface area contributed by atoms with Gasteiger partial charge in [0.05, 0.1) is 24.9 Å². The molecule has 2 heterocycles. The SMILES string of the molecule is COc1ccccc1C(=O)NNC(=O)c1cc(C(F)(F)F)nn1-c1csc(CNC(=O)[C@H](C)NC(=O)OC(C)(C)C)c1. The second-order valence-electron chi connectivity index (χ2n) is 9.79. The smallest absolute Gasteiger partial charge is 0.435 e.